The quantitative estimate of drug-likeness (QED) is 0.668. The van der Waals surface area contributed by atoms with Gasteiger partial charge in [0.25, 0.3) is 0 Å². The highest BCUT2D eigenvalue weighted by molar-refractivity contribution is 5.76. The van der Waals surface area contributed by atoms with Crippen LogP contribution in [0.2, 0.25) is 0 Å². The second-order valence-corrected chi connectivity index (χ2v) is 8.04. The van der Waals surface area contributed by atoms with E-state index >= 15 is 0 Å². The van der Waals surface area contributed by atoms with Gasteiger partial charge in [-0.15, -0.1) is 12.3 Å². The summed E-state index contributed by atoms with van der Waals surface area (Å²) in [5, 5.41) is 11.5. The van der Waals surface area contributed by atoms with Gasteiger partial charge < -0.3 is 10.1 Å². The fraction of sp³-hybridized carbons (Fsp3) is 0.591. The van der Waals surface area contributed by atoms with E-state index in [0.717, 1.165) is 25.1 Å². The zero-order valence-electron chi connectivity index (χ0n) is 16.4. The minimum absolute atomic E-state index is 0.0768. The average molecular weight is 380 g/mol. The molecule has 1 aliphatic carbocycles. The molecule has 0 radical (unpaired) electrons. The molecule has 0 unspecified atom stereocenters. The zero-order chi connectivity index (χ0) is 19.6. The predicted molar refractivity (Wildman–Crippen MR) is 107 cm³/mol. The number of likely N-dealkylation sites (tertiary alicyclic amines) is 1. The van der Waals surface area contributed by atoms with Crippen molar-refractivity contribution in [3.8, 4) is 18.1 Å². The summed E-state index contributed by atoms with van der Waals surface area (Å²) in [5.41, 5.74) is 0.817. The van der Waals surface area contributed by atoms with E-state index in [1.807, 2.05) is 12.1 Å². The maximum atomic E-state index is 12.7. The molecule has 1 aromatic carbocycles. The number of terminal acetylenes is 1. The van der Waals surface area contributed by atoms with Crippen molar-refractivity contribution >= 4 is 5.91 Å². The standard InChI is InChI=1S/C22H28N4O2/c1-3-4-12-22(24-25-22)13-10-20(27)23-19-11-14-26(17-8-9-17)21(19)16-6-5-7-18(15-16)28-2/h1,5-7,15,17,19,21H,4,8-14H2,2H3,(H,23,27)/t19-,21+/m0/s1. The van der Waals surface area contributed by atoms with Gasteiger partial charge in [-0.2, -0.15) is 10.2 Å². The summed E-state index contributed by atoms with van der Waals surface area (Å²) in [6.07, 6.45) is 11.3. The van der Waals surface area contributed by atoms with Gasteiger partial charge in [-0.3, -0.25) is 9.69 Å². The smallest absolute Gasteiger partial charge is 0.220 e. The molecule has 28 heavy (non-hydrogen) atoms. The van der Waals surface area contributed by atoms with Gasteiger partial charge in [0, 0.05) is 44.3 Å². The van der Waals surface area contributed by atoms with E-state index in [1.165, 1.54) is 18.4 Å². The number of rotatable bonds is 9. The molecule has 1 aromatic rings. The molecule has 6 heteroatoms. The molecule has 3 aliphatic rings. The third-order valence-electron chi connectivity index (χ3n) is 6.04. The molecule has 0 spiro atoms. The first kappa shape index (κ1) is 18.9. The number of nitrogens with zero attached hydrogens (tertiary/aromatic N) is 3. The van der Waals surface area contributed by atoms with Gasteiger partial charge in [0.2, 0.25) is 5.91 Å². The molecule has 0 bridgehead atoms. The Morgan fingerprint density at radius 2 is 2.18 bits per heavy atom. The lowest BCUT2D eigenvalue weighted by Crippen LogP contribution is -2.40. The largest absolute Gasteiger partial charge is 0.497 e. The maximum absolute atomic E-state index is 12.7. The molecule has 148 valence electrons. The van der Waals surface area contributed by atoms with E-state index in [2.05, 4.69) is 38.5 Å². The Kier molecular flexibility index (Phi) is 5.36. The fourth-order valence-corrected chi connectivity index (χ4v) is 4.29. The van der Waals surface area contributed by atoms with Crippen molar-refractivity contribution in [3.05, 3.63) is 29.8 Å². The number of amides is 1. The first-order valence-electron chi connectivity index (χ1n) is 10.2. The van der Waals surface area contributed by atoms with Crippen LogP contribution in [0.3, 0.4) is 0 Å². The molecule has 4 rings (SSSR count). The number of hydrogen-bond acceptors (Lipinski definition) is 5. The van der Waals surface area contributed by atoms with Crippen LogP contribution in [0.4, 0.5) is 0 Å². The number of benzene rings is 1. The Labute approximate surface area is 166 Å². The molecule has 2 heterocycles. The van der Waals surface area contributed by atoms with Crippen LogP contribution in [-0.2, 0) is 4.79 Å². The number of carbonyl (C=O) groups excluding carboxylic acids is 1. The third kappa shape index (κ3) is 4.20. The van der Waals surface area contributed by atoms with Crippen molar-refractivity contribution < 1.29 is 9.53 Å². The third-order valence-corrected chi connectivity index (χ3v) is 6.04. The van der Waals surface area contributed by atoms with Crippen LogP contribution in [0.25, 0.3) is 0 Å². The Morgan fingerprint density at radius 3 is 2.86 bits per heavy atom. The van der Waals surface area contributed by atoms with E-state index in [-0.39, 0.29) is 18.0 Å². The second-order valence-electron chi connectivity index (χ2n) is 8.04. The van der Waals surface area contributed by atoms with Crippen molar-refractivity contribution in [2.75, 3.05) is 13.7 Å². The summed E-state index contributed by atoms with van der Waals surface area (Å²) in [7, 11) is 1.69. The molecule has 2 aliphatic heterocycles. The molecule has 1 saturated heterocycles. The molecular weight excluding hydrogens is 352 g/mol. The van der Waals surface area contributed by atoms with Crippen LogP contribution in [0.15, 0.2) is 34.5 Å². The van der Waals surface area contributed by atoms with E-state index in [0.29, 0.717) is 25.3 Å². The first-order chi connectivity index (χ1) is 13.6. The molecule has 0 aromatic heterocycles. The van der Waals surface area contributed by atoms with Gasteiger partial charge in [-0.25, -0.2) is 0 Å². The lowest BCUT2D eigenvalue weighted by atomic mass is 9.98. The van der Waals surface area contributed by atoms with E-state index in [1.54, 1.807) is 7.11 Å². The molecular formula is C22H28N4O2. The van der Waals surface area contributed by atoms with Crippen LogP contribution in [0.1, 0.15) is 56.6 Å². The van der Waals surface area contributed by atoms with Crippen molar-refractivity contribution in [2.45, 2.75) is 68.7 Å². The summed E-state index contributed by atoms with van der Waals surface area (Å²) in [6.45, 7) is 1.02. The first-order valence-corrected chi connectivity index (χ1v) is 10.2. The summed E-state index contributed by atoms with van der Waals surface area (Å²) in [5.74, 6) is 3.56. The van der Waals surface area contributed by atoms with E-state index in [4.69, 9.17) is 11.2 Å². The molecule has 6 nitrogen and oxygen atoms in total. The highest BCUT2D eigenvalue weighted by atomic mass is 16.5. The summed E-state index contributed by atoms with van der Waals surface area (Å²) in [6, 6.07) is 9.21. The SMILES string of the molecule is C#CCCC1(CCC(=O)N[C@H]2CCN(C3CC3)[C@@H]2c2cccc(OC)c2)N=N1. The minimum atomic E-state index is -0.397. The Balaban J connectivity index is 1.39. The normalized spacial score (nSPS) is 25.3. The van der Waals surface area contributed by atoms with Crippen molar-refractivity contribution in [2.24, 2.45) is 10.2 Å². The van der Waals surface area contributed by atoms with E-state index in [9.17, 15) is 4.79 Å². The molecule has 2 fully saturated rings. The van der Waals surface area contributed by atoms with Crippen molar-refractivity contribution in [3.63, 3.8) is 0 Å². The number of ether oxygens (including phenoxy) is 1. The lowest BCUT2D eigenvalue weighted by Gasteiger charge is -2.29. The van der Waals surface area contributed by atoms with Crippen molar-refractivity contribution in [1.29, 1.82) is 0 Å². The fourth-order valence-electron chi connectivity index (χ4n) is 4.29. The highest BCUT2D eigenvalue weighted by Gasteiger charge is 2.44. The zero-order valence-corrected chi connectivity index (χ0v) is 16.4. The lowest BCUT2D eigenvalue weighted by molar-refractivity contribution is -0.122. The van der Waals surface area contributed by atoms with Crippen LogP contribution in [0.5, 0.6) is 5.75 Å². The van der Waals surface area contributed by atoms with Gasteiger partial charge >= 0.3 is 0 Å². The molecule has 1 N–H and O–H groups in total. The summed E-state index contributed by atoms with van der Waals surface area (Å²) >= 11 is 0. The Morgan fingerprint density at radius 1 is 1.36 bits per heavy atom. The van der Waals surface area contributed by atoms with Crippen molar-refractivity contribution in [1.82, 2.24) is 10.2 Å². The highest BCUT2D eigenvalue weighted by Crippen LogP contribution is 2.42. The molecule has 2 atom stereocenters. The number of nitrogens with one attached hydrogen (secondary N) is 1. The monoisotopic (exact) mass is 380 g/mol. The summed E-state index contributed by atoms with van der Waals surface area (Å²) in [4.78, 5) is 15.2. The topological polar surface area (TPSA) is 66.3 Å². The van der Waals surface area contributed by atoms with Gasteiger partial charge in [-0.1, -0.05) is 12.1 Å². The van der Waals surface area contributed by atoms with E-state index < -0.39 is 5.66 Å². The average Bonchev–Trinajstić information content (AvgIpc) is 3.64. The second kappa shape index (κ2) is 7.92. The van der Waals surface area contributed by atoms with Gasteiger partial charge in [0.15, 0.2) is 5.66 Å². The van der Waals surface area contributed by atoms with Crippen LogP contribution in [-0.4, -0.2) is 42.2 Å². The molecule has 1 amide bonds. The van der Waals surface area contributed by atoms with Crippen LogP contribution < -0.4 is 10.1 Å². The Hall–Kier alpha value is -2.39. The predicted octanol–water partition coefficient (Wildman–Crippen LogP) is 3.44. The van der Waals surface area contributed by atoms with Gasteiger partial charge in [0.05, 0.1) is 13.2 Å². The molecule has 1 saturated carbocycles. The number of hydrogen-bond donors (Lipinski definition) is 1. The summed E-state index contributed by atoms with van der Waals surface area (Å²) < 4.78 is 5.42. The van der Waals surface area contributed by atoms with Crippen LogP contribution in [0, 0.1) is 12.3 Å². The maximum Gasteiger partial charge on any atom is 0.220 e. The Bertz CT molecular complexity index is 790. The number of methoxy groups -OCH3 is 1. The number of carbonyl (C=O) groups is 1. The van der Waals surface area contributed by atoms with Crippen LogP contribution >= 0.6 is 0 Å². The minimum Gasteiger partial charge on any atom is -0.497 e. The van der Waals surface area contributed by atoms with Gasteiger partial charge in [0.1, 0.15) is 5.75 Å². The van der Waals surface area contributed by atoms with Gasteiger partial charge in [-0.05, 0) is 37.0 Å².